The van der Waals surface area contributed by atoms with Crippen LogP contribution in [0.15, 0.2) is 0 Å². The average Bonchev–Trinajstić information content (AvgIpc) is 2.58. The third-order valence-corrected chi connectivity index (χ3v) is 3.23. The Morgan fingerprint density at radius 3 is 1.84 bits per heavy atom. The molecule has 0 spiro atoms. The molecule has 0 aromatic heterocycles. The van der Waals surface area contributed by atoms with Crippen molar-refractivity contribution >= 4 is 18.2 Å². The van der Waals surface area contributed by atoms with Crippen LogP contribution in [0.4, 0.5) is 0 Å². The van der Waals surface area contributed by atoms with Crippen molar-refractivity contribution in [3.05, 3.63) is 0 Å². The molecule has 3 amide bonds. The maximum atomic E-state index is 12.3. The molecule has 0 saturated carbocycles. The summed E-state index contributed by atoms with van der Waals surface area (Å²) in [7, 11) is 3.26. The van der Waals surface area contributed by atoms with Gasteiger partial charge in [-0.1, -0.05) is 55.4 Å². The van der Waals surface area contributed by atoms with Gasteiger partial charge < -0.3 is 10.2 Å². The van der Waals surface area contributed by atoms with Crippen molar-refractivity contribution in [2.24, 2.45) is 11.3 Å². The van der Waals surface area contributed by atoms with E-state index in [1.54, 1.807) is 21.0 Å². The highest BCUT2D eigenvalue weighted by molar-refractivity contribution is 5.89. The van der Waals surface area contributed by atoms with E-state index in [1.165, 1.54) is 4.90 Å². The van der Waals surface area contributed by atoms with Crippen molar-refractivity contribution < 1.29 is 19.6 Å². The molecule has 0 rings (SSSR count). The van der Waals surface area contributed by atoms with Crippen molar-refractivity contribution in [2.75, 3.05) is 20.6 Å². The quantitative estimate of drug-likeness (QED) is 0.414. The number of nitrogens with zero attached hydrogens (tertiary/aromatic N) is 2. The monoisotopic (exact) mass is 361 g/mol. The van der Waals surface area contributed by atoms with E-state index in [1.807, 2.05) is 48.5 Å². The predicted octanol–water partition coefficient (Wildman–Crippen LogP) is 2.53. The minimum absolute atomic E-state index is 0.0984. The van der Waals surface area contributed by atoms with Gasteiger partial charge in [0.15, 0.2) is 0 Å². The Balaban J connectivity index is -0.00000112. The Kier molecular flexibility index (Phi) is 16.6. The molecule has 0 aliphatic heterocycles. The van der Waals surface area contributed by atoms with Crippen molar-refractivity contribution in [3.63, 3.8) is 0 Å². The first-order valence-electron chi connectivity index (χ1n) is 8.96. The fourth-order valence-corrected chi connectivity index (χ4v) is 1.83. The summed E-state index contributed by atoms with van der Waals surface area (Å²) < 4.78 is 0. The fraction of sp³-hybridized carbons (Fsp3) is 0.833. The van der Waals surface area contributed by atoms with Gasteiger partial charge in [-0.05, 0) is 11.8 Å². The van der Waals surface area contributed by atoms with E-state index >= 15 is 0 Å². The third-order valence-electron chi connectivity index (χ3n) is 3.23. The summed E-state index contributed by atoms with van der Waals surface area (Å²) in [5.41, 5.74) is -0.446. The van der Waals surface area contributed by atoms with Gasteiger partial charge in [0.25, 0.3) is 0 Å². The molecule has 2 N–H and O–H groups in total. The molecular formula is C18H39N3O4. The van der Waals surface area contributed by atoms with E-state index in [0.29, 0.717) is 11.5 Å². The van der Waals surface area contributed by atoms with Crippen LogP contribution in [0.1, 0.15) is 61.8 Å². The van der Waals surface area contributed by atoms with Gasteiger partial charge in [0.1, 0.15) is 6.04 Å². The normalized spacial score (nSPS) is 12.3. The Bertz CT molecular complexity index is 379. The van der Waals surface area contributed by atoms with Gasteiger partial charge in [0.05, 0.1) is 12.5 Å². The fourth-order valence-electron chi connectivity index (χ4n) is 1.83. The van der Waals surface area contributed by atoms with Crippen molar-refractivity contribution in [3.8, 4) is 0 Å². The summed E-state index contributed by atoms with van der Waals surface area (Å²) in [6.45, 7) is 15.3. The second kappa shape index (κ2) is 14.7. The number of amides is 3. The zero-order valence-corrected chi connectivity index (χ0v) is 17.7. The van der Waals surface area contributed by atoms with Gasteiger partial charge in [-0.15, -0.1) is 0 Å². The van der Waals surface area contributed by atoms with E-state index in [9.17, 15) is 19.6 Å². The SMILES string of the molecule is CC.CC.CCC(CN(O)C=O)C(=O)N[C@H](C(=O)N(C)C)C(C)(C)C. The molecule has 0 bridgehead atoms. The molecule has 25 heavy (non-hydrogen) atoms. The molecule has 0 heterocycles. The van der Waals surface area contributed by atoms with Crippen molar-refractivity contribution in [2.45, 2.75) is 67.9 Å². The average molecular weight is 362 g/mol. The molecule has 0 aliphatic rings. The first-order valence-corrected chi connectivity index (χ1v) is 8.96. The van der Waals surface area contributed by atoms with Crippen LogP contribution >= 0.6 is 0 Å². The Labute approximate surface area is 153 Å². The number of hydrogen-bond donors (Lipinski definition) is 2. The first-order chi connectivity index (χ1) is 11.5. The maximum Gasteiger partial charge on any atom is 0.245 e. The highest BCUT2D eigenvalue weighted by Crippen LogP contribution is 2.21. The van der Waals surface area contributed by atoms with Crippen LogP contribution in [0.3, 0.4) is 0 Å². The number of carbonyl (C=O) groups is 3. The van der Waals surface area contributed by atoms with Gasteiger partial charge in [0, 0.05) is 14.1 Å². The molecule has 7 heteroatoms. The number of carbonyl (C=O) groups excluding carboxylic acids is 3. The molecule has 7 nitrogen and oxygen atoms in total. The Hall–Kier alpha value is -1.63. The van der Waals surface area contributed by atoms with Crippen LogP contribution in [-0.4, -0.2) is 60.1 Å². The molecule has 0 fully saturated rings. The van der Waals surface area contributed by atoms with Crippen molar-refractivity contribution in [1.82, 2.24) is 15.3 Å². The predicted molar refractivity (Wildman–Crippen MR) is 101 cm³/mol. The molecule has 2 atom stereocenters. The van der Waals surface area contributed by atoms with Gasteiger partial charge in [-0.2, -0.15) is 0 Å². The van der Waals surface area contributed by atoms with Gasteiger partial charge in [-0.25, -0.2) is 5.06 Å². The highest BCUT2D eigenvalue weighted by atomic mass is 16.5. The molecule has 0 saturated heterocycles. The van der Waals surface area contributed by atoms with E-state index in [2.05, 4.69) is 5.32 Å². The second-order valence-corrected chi connectivity index (χ2v) is 6.37. The number of likely N-dealkylation sites (N-methyl/N-ethyl adjacent to an activating group) is 1. The lowest BCUT2D eigenvalue weighted by molar-refractivity contribution is -0.155. The maximum absolute atomic E-state index is 12.3. The van der Waals surface area contributed by atoms with Crippen LogP contribution in [0.25, 0.3) is 0 Å². The second-order valence-electron chi connectivity index (χ2n) is 6.37. The molecule has 0 radical (unpaired) electrons. The molecule has 150 valence electrons. The zero-order chi connectivity index (χ0) is 20.8. The van der Waals surface area contributed by atoms with Crippen LogP contribution in [0, 0.1) is 11.3 Å². The van der Waals surface area contributed by atoms with E-state index < -0.39 is 17.4 Å². The van der Waals surface area contributed by atoms with Gasteiger partial charge in [0.2, 0.25) is 18.2 Å². The summed E-state index contributed by atoms with van der Waals surface area (Å²) in [6.07, 6.45) is 0.700. The van der Waals surface area contributed by atoms with Crippen LogP contribution < -0.4 is 5.32 Å². The molecule has 1 unspecified atom stereocenters. The summed E-state index contributed by atoms with van der Waals surface area (Å²) in [6, 6.07) is -0.669. The van der Waals surface area contributed by atoms with Crippen LogP contribution in [0.2, 0.25) is 0 Å². The third kappa shape index (κ3) is 11.5. The molecular weight excluding hydrogens is 322 g/mol. The first kappa shape index (κ1) is 28.2. The minimum Gasteiger partial charge on any atom is -0.347 e. The lowest BCUT2D eigenvalue weighted by Gasteiger charge is -2.33. The minimum atomic E-state index is -0.669. The molecule has 0 aliphatic carbocycles. The number of nitrogens with one attached hydrogen (secondary N) is 1. The van der Waals surface area contributed by atoms with E-state index in [0.717, 1.165) is 0 Å². The van der Waals surface area contributed by atoms with Gasteiger partial charge in [-0.3, -0.25) is 19.6 Å². The lowest BCUT2D eigenvalue weighted by Crippen LogP contribution is -2.55. The molecule has 0 aromatic carbocycles. The largest absolute Gasteiger partial charge is 0.347 e. The van der Waals surface area contributed by atoms with Crippen LogP contribution in [-0.2, 0) is 14.4 Å². The number of hydrogen-bond acceptors (Lipinski definition) is 4. The van der Waals surface area contributed by atoms with Gasteiger partial charge >= 0.3 is 0 Å². The Morgan fingerprint density at radius 2 is 1.56 bits per heavy atom. The standard InChI is InChI=1S/C14H27N3O4.2C2H6/c1-7-10(8-17(21)9-18)12(19)15-11(14(2,3)4)13(20)16(5)6;2*1-2/h9-11,21H,7-8H2,1-6H3,(H,15,19);2*1-2H3/t10?,11-;;/m1../s1. The summed E-state index contributed by atoms with van der Waals surface area (Å²) >= 11 is 0. The zero-order valence-electron chi connectivity index (χ0n) is 17.7. The van der Waals surface area contributed by atoms with Crippen LogP contribution in [0.5, 0.6) is 0 Å². The highest BCUT2D eigenvalue weighted by Gasteiger charge is 2.35. The summed E-state index contributed by atoms with van der Waals surface area (Å²) in [5, 5.41) is 12.4. The topological polar surface area (TPSA) is 90.0 Å². The summed E-state index contributed by atoms with van der Waals surface area (Å²) in [4.78, 5) is 36.4. The summed E-state index contributed by atoms with van der Waals surface area (Å²) in [5.74, 6) is -1.12. The smallest absolute Gasteiger partial charge is 0.245 e. The number of rotatable bonds is 7. The van der Waals surface area contributed by atoms with E-state index in [-0.39, 0.29) is 24.8 Å². The van der Waals surface area contributed by atoms with Crippen molar-refractivity contribution in [1.29, 1.82) is 0 Å². The van der Waals surface area contributed by atoms with E-state index in [4.69, 9.17) is 0 Å². The number of hydroxylamine groups is 2. The lowest BCUT2D eigenvalue weighted by atomic mass is 9.85. The Morgan fingerprint density at radius 1 is 1.12 bits per heavy atom. The molecule has 0 aromatic rings.